The van der Waals surface area contributed by atoms with Crippen LogP contribution in [0.5, 0.6) is 0 Å². The Bertz CT molecular complexity index is 431. The minimum atomic E-state index is -0.126. The second-order valence-electron chi connectivity index (χ2n) is 8.55. The van der Waals surface area contributed by atoms with Crippen LogP contribution in [0.3, 0.4) is 0 Å². The molecule has 0 amide bonds. The van der Waals surface area contributed by atoms with Crippen LogP contribution in [0.2, 0.25) is 0 Å². The first-order chi connectivity index (χ1) is 11.9. The normalized spacial score (nSPS) is 14.4. The van der Waals surface area contributed by atoms with Gasteiger partial charge in [-0.25, -0.2) is 0 Å². The number of hydrogen-bond donors (Lipinski definition) is 0. The maximum atomic E-state index is 6.76. The quantitative estimate of drug-likeness (QED) is 0.328. The first-order valence-electron chi connectivity index (χ1n) is 10.7. The second kappa shape index (κ2) is 11.7. The fourth-order valence-electron chi connectivity index (χ4n) is 3.73. The zero-order valence-corrected chi connectivity index (χ0v) is 17.6. The summed E-state index contributed by atoms with van der Waals surface area (Å²) in [5.41, 5.74) is 1.12. The molecule has 0 spiro atoms. The average Bonchev–Trinajstić information content (AvgIpc) is 2.58. The van der Waals surface area contributed by atoms with Crippen LogP contribution in [0, 0.1) is 0 Å². The summed E-state index contributed by atoms with van der Waals surface area (Å²) in [6, 6.07) is 11.0. The SMILES string of the molecule is CCCCCCCCCC(CCCC)(OC(C)(C)C)c1ccccc1. The van der Waals surface area contributed by atoms with Gasteiger partial charge in [0.15, 0.2) is 0 Å². The van der Waals surface area contributed by atoms with Gasteiger partial charge in [0.2, 0.25) is 0 Å². The molecule has 0 N–H and O–H groups in total. The van der Waals surface area contributed by atoms with Gasteiger partial charge in [0.25, 0.3) is 0 Å². The van der Waals surface area contributed by atoms with Crippen LogP contribution >= 0.6 is 0 Å². The van der Waals surface area contributed by atoms with E-state index in [2.05, 4.69) is 65.0 Å². The van der Waals surface area contributed by atoms with Crippen molar-refractivity contribution < 1.29 is 4.74 Å². The molecule has 144 valence electrons. The summed E-state index contributed by atoms with van der Waals surface area (Å²) >= 11 is 0. The molecule has 0 fully saturated rings. The first-order valence-corrected chi connectivity index (χ1v) is 10.7. The van der Waals surface area contributed by atoms with Crippen molar-refractivity contribution in [1.29, 1.82) is 0 Å². The van der Waals surface area contributed by atoms with E-state index in [0.717, 1.165) is 12.8 Å². The lowest BCUT2D eigenvalue weighted by Gasteiger charge is -2.40. The summed E-state index contributed by atoms with van der Waals surface area (Å²) < 4.78 is 6.76. The monoisotopic (exact) mass is 346 g/mol. The molecule has 1 heteroatoms. The van der Waals surface area contributed by atoms with Gasteiger partial charge in [-0.2, -0.15) is 0 Å². The number of ether oxygens (including phenoxy) is 1. The fraction of sp³-hybridized carbons (Fsp3) is 0.750. The maximum absolute atomic E-state index is 6.76. The van der Waals surface area contributed by atoms with E-state index in [4.69, 9.17) is 4.74 Å². The van der Waals surface area contributed by atoms with E-state index in [0.29, 0.717) is 0 Å². The van der Waals surface area contributed by atoms with E-state index in [9.17, 15) is 0 Å². The van der Waals surface area contributed by atoms with E-state index in [1.54, 1.807) is 0 Å². The van der Waals surface area contributed by atoms with Crippen molar-refractivity contribution in [3.05, 3.63) is 35.9 Å². The van der Waals surface area contributed by atoms with Crippen LogP contribution in [0.25, 0.3) is 0 Å². The third-order valence-corrected chi connectivity index (χ3v) is 4.92. The van der Waals surface area contributed by atoms with Gasteiger partial charge >= 0.3 is 0 Å². The van der Waals surface area contributed by atoms with Gasteiger partial charge in [0, 0.05) is 0 Å². The third kappa shape index (κ3) is 8.90. The van der Waals surface area contributed by atoms with Gasteiger partial charge in [-0.05, 0) is 39.2 Å². The predicted octanol–water partition coefficient (Wildman–Crippen LogP) is 8.03. The topological polar surface area (TPSA) is 9.23 Å². The molecular weight excluding hydrogens is 304 g/mol. The Morgan fingerprint density at radius 3 is 1.76 bits per heavy atom. The van der Waals surface area contributed by atoms with Crippen molar-refractivity contribution in [3.8, 4) is 0 Å². The molecule has 1 nitrogen and oxygen atoms in total. The van der Waals surface area contributed by atoms with Crippen molar-refractivity contribution in [3.63, 3.8) is 0 Å². The van der Waals surface area contributed by atoms with Crippen LogP contribution in [-0.4, -0.2) is 5.60 Å². The minimum Gasteiger partial charge on any atom is -0.365 e. The summed E-state index contributed by atoms with van der Waals surface area (Å²) in [5.74, 6) is 0. The molecule has 0 saturated heterocycles. The van der Waals surface area contributed by atoms with Gasteiger partial charge < -0.3 is 4.74 Å². The van der Waals surface area contributed by atoms with Crippen LogP contribution in [0.4, 0.5) is 0 Å². The molecule has 0 aromatic heterocycles. The highest BCUT2D eigenvalue weighted by Crippen LogP contribution is 2.40. The number of benzene rings is 1. The van der Waals surface area contributed by atoms with Crippen LogP contribution in [0.1, 0.15) is 111 Å². The Balaban J connectivity index is 2.77. The highest BCUT2D eigenvalue weighted by Gasteiger charge is 2.36. The van der Waals surface area contributed by atoms with E-state index in [1.807, 2.05) is 0 Å². The highest BCUT2D eigenvalue weighted by atomic mass is 16.5. The average molecular weight is 347 g/mol. The van der Waals surface area contributed by atoms with Gasteiger partial charge in [0.05, 0.1) is 11.2 Å². The second-order valence-corrected chi connectivity index (χ2v) is 8.55. The molecule has 1 aromatic rings. The van der Waals surface area contributed by atoms with Gasteiger partial charge in [-0.1, -0.05) is 102 Å². The Morgan fingerprint density at radius 2 is 1.20 bits per heavy atom. The molecule has 1 rings (SSSR count). The number of rotatable bonds is 13. The maximum Gasteiger partial charge on any atom is 0.0938 e. The lowest BCUT2D eigenvalue weighted by Crippen LogP contribution is -2.38. The van der Waals surface area contributed by atoms with Crippen LogP contribution < -0.4 is 0 Å². The molecule has 1 atom stereocenters. The molecule has 0 heterocycles. The Morgan fingerprint density at radius 1 is 0.680 bits per heavy atom. The standard InChI is InChI=1S/C24H42O/c1-6-8-10-11-12-13-17-21-24(20-9-7-2,25-23(3,4)5)22-18-15-14-16-19-22/h14-16,18-19H,6-13,17,20-21H2,1-5H3. The van der Waals surface area contributed by atoms with E-state index in [1.165, 1.54) is 63.4 Å². The van der Waals surface area contributed by atoms with Crippen molar-refractivity contribution in [2.45, 2.75) is 116 Å². The molecule has 25 heavy (non-hydrogen) atoms. The van der Waals surface area contributed by atoms with E-state index >= 15 is 0 Å². The summed E-state index contributed by atoms with van der Waals surface area (Å²) in [7, 11) is 0. The summed E-state index contributed by atoms with van der Waals surface area (Å²) in [5, 5.41) is 0. The molecule has 0 bridgehead atoms. The third-order valence-electron chi connectivity index (χ3n) is 4.92. The molecule has 0 aliphatic rings. The first kappa shape index (κ1) is 22.2. The van der Waals surface area contributed by atoms with Gasteiger partial charge in [-0.15, -0.1) is 0 Å². The van der Waals surface area contributed by atoms with Gasteiger partial charge in [-0.3, -0.25) is 0 Å². The molecule has 1 unspecified atom stereocenters. The molecule has 0 aliphatic heterocycles. The summed E-state index contributed by atoms with van der Waals surface area (Å²) in [6.07, 6.45) is 14.2. The van der Waals surface area contributed by atoms with E-state index < -0.39 is 0 Å². The Kier molecular flexibility index (Phi) is 10.4. The van der Waals surface area contributed by atoms with Crippen molar-refractivity contribution in [1.82, 2.24) is 0 Å². The summed E-state index contributed by atoms with van der Waals surface area (Å²) in [6.45, 7) is 11.1. The molecule has 0 saturated carbocycles. The number of hydrogen-bond acceptors (Lipinski definition) is 1. The van der Waals surface area contributed by atoms with Crippen LogP contribution in [-0.2, 0) is 10.3 Å². The lowest BCUT2D eigenvalue weighted by molar-refractivity contribution is -0.148. The fourth-order valence-corrected chi connectivity index (χ4v) is 3.73. The Hall–Kier alpha value is -0.820. The molecular formula is C24H42O. The minimum absolute atomic E-state index is 0.120. The zero-order valence-electron chi connectivity index (χ0n) is 17.6. The molecule has 0 radical (unpaired) electrons. The largest absolute Gasteiger partial charge is 0.365 e. The number of unbranched alkanes of at least 4 members (excludes halogenated alkanes) is 7. The van der Waals surface area contributed by atoms with Crippen molar-refractivity contribution in [2.75, 3.05) is 0 Å². The van der Waals surface area contributed by atoms with E-state index in [-0.39, 0.29) is 11.2 Å². The zero-order chi connectivity index (χ0) is 18.6. The van der Waals surface area contributed by atoms with Crippen molar-refractivity contribution >= 4 is 0 Å². The summed E-state index contributed by atoms with van der Waals surface area (Å²) in [4.78, 5) is 0. The molecule has 0 aliphatic carbocycles. The van der Waals surface area contributed by atoms with Gasteiger partial charge in [0.1, 0.15) is 0 Å². The smallest absolute Gasteiger partial charge is 0.0938 e. The molecule has 1 aromatic carbocycles. The highest BCUT2D eigenvalue weighted by molar-refractivity contribution is 5.23. The van der Waals surface area contributed by atoms with Crippen molar-refractivity contribution in [2.24, 2.45) is 0 Å². The predicted molar refractivity (Wildman–Crippen MR) is 111 cm³/mol. The Labute approximate surface area is 157 Å². The lowest BCUT2D eigenvalue weighted by atomic mass is 9.82. The van der Waals surface area contributed by atoms with Crippen LogP contribution in [0.15, 0.2) is 30.3 Å².